The Morgan fingerprint density at radius 2 is 1.68 bits per heavy atom. The Bertz CT molecular complexity index is 1310. The first kappa shape index (κ1) is 18.4. The zero-order valence-electron chi connectivity index (χ0n) is 15.2. The highest BCUT2D eigenvalue weighted by Crippen LogP contribution is 2.29. The maximum absolute atomic E-state index is 13.1. The van der Waals surface area contributed by atoms with Crippen LogP contribution in [0.5, 0.6) is 0 Å². The summed E-state index contributed by atoms with van der Waals surface area (Å²) in [5.41, 5.74) is 2.01. The number of para-hydroxylation sites is 1. The van der Waals surface area contributed by atoms with Gasteiger partial charge in [-0.15, -0.1) is 11.3 Å². The zero-order chi connectivity index (χ0) is 19.9. The molecule has 0 saturated heterocycles. The van der Waals surface area contributed by atoms with Gasteiger partial charge in [0.25, 0.3) is 15.6 Å². The molecular weight excluding hydrogens is 394 g/mol. The number of nitrogens with one attached hydrogen (secondary N) is 1. The standard InChI is InChI=1S/C20H17N3O3S2/c1-13-12-16(19-21-17-10-6-7-11-18(17)27-19)20(24)23(14(13)2)22-28(25,26)15-8-4-3-5-9-15/h3-12,22H,1-2H3. The molecule has 0 amide bonds. The SMILES string of the molecule is Cc1cc(-c2nc3ccccc3s2)c(=O)n(NS(=O)(=O)c2ccccc2)c1C. The summed E-state index contributed by atoms with van der Waals surface area (Å²) in [6, 6.07) is 17.3. The topological polar surface area (TPSA) is 81.1 Å². The molecule has 1 N–H and O–H groups in total. The molecule has 6 nitrogen and oxygen atoms in total. The van der Waals surface area contributed by atoms with E-state index in [1.54, 1.807) is 31.2 Å². The van der Waals surface area contributed by atoms with Crippen molar-refractivity contribution < 1.29 is 8.42 Å². The van der Waals surface area contributed by atoms with E-state index in [4.69, 9.17) is 0 Å². The van der Waals surface area contributed by atoms with Crippen LogP contribution in [-0.4, -0.2) is 18.1 Å². The largest absolute Gasteiger partial charge is 0.280 e. The third-order valence-electron chi connectivity index (χ3n) is 4.49. The number of sulfonamides is 1. The van der Waals surface area contributed by atoms with Crippen LogP contribution < -0.4 is 10.4 Å². The van der Waals surface area contributed by atoms with Crippen LogP contribution in [0.25, 0.3) is 20.8 Å². The number of fused-ring (bicyclic) bond motifs is 1. The van der Waals surface area contributed by atoms with Crippen LogP contribution in [-0.2, 0) is 10.0 Å². The second-order valence-electron chi connectivity index (χ2n) is 6.36. The molecule has 2 aromatic heterocycles. The predicted octanol–water partition coefficient (Wildman–Crippen LogP) is 3.67. The maximum Gasteiger partial charge on any atom is 0.280 e. The molecule has 28 heavy (non-hydrogen) atoms. The number of hydrogen-bond acceptors (Lipinski definition) is 5. The number of aryl methyl sites for hydroxylation is 1. The third kappa shape index (κ3) is 3.21. The Hall–Kier alpha value is -2.97. The first-order chi connectivity index (χ1) is 13.4. The van der Waals surface area contributed by atoms with Gasteiger partial charge in [0.05, 0.1) is 20.7 Å². The van der Waals surface area contributed by atoms with E-state index in [2.05, 4.69) is 9.82 Å². The van der Waals surface area contributed by atoms with Gasteiger partial charge in [0.1, 0.15) is 5.01 Å². The van der Waals surface area contributed by atoms with Gasteiger partial charge in [0, 0.05) is 5.69 Å². The molecule has 0 radical (unpaired) electrons. The van der Waals surface area contributed by atoms with Gasteiger partial charge in [0.2, 0.25) is 0 Å². The fraction of sp³-hybridized carbons (Fsp3) is 0.100. The second-order valence-corrected chi connectivity index (χ2v) is 9.05. The first-order valence-electron chi connectivity index (χ1n) is 8.54. The molecule has 2 aromatic carbocycles. The van der Waals surface area contributed by atoms with E-state index in [-0.39, 0.29) is 4.90 Å². The van der Waals surface area contributed by atoms with E-state index >= 15 is 0 Å². The minimum absolute atomic E-state index is 0.0874. The molecule has 142 valence electrons. The molecule has 8 heteroatoms. The van der Waals surface area contributed by atoms with E-state index in [0.29, 0.717) is 16.3 Å². The van der Waals surface area contributed by atoms with Crippen molar-refractivity contribution in [3.63, 3.8) is 0 Å². The number of aromatic nitrogens is 2. The average Bonchev–Trinajstić information content (AvgIpc) is 3.12. The molecule has 0 atom stereocenters. The fourth-order valence-corrected chi connectivity index (χ4v) is 4.91. The third-order valence-corrected chi connectivity index (χ3v) is 6.88. The molecule has 0 aliphatic heterocycles. The first-order valence-corrected chi connectivity index (χ1v) is 10.8. The maximum atomic E-state index is 13.1. The van der Waals surface area contributed by atoms with Crippen molar-refractivity contribution in [2.75, 3.05) is 4.83 Å². The molecule has 0 saturated carbocycles. The smallest absolute Gasteiger partial charge is 0.267 e. The second kappa shape index (κ2) is 6.88. The van der Waals surface area contributed by atoms with Crippen molar-refractivity contribution in [1.29, 1.82) is 0 Å². The highest BCUT2D eigenvalue weighted by atomic mass is 32.2. The Balaban J connectivity index is 1.86. The summed E-state index contributed by atoms with van der Waals surface area (Å²) in [6.07, 6.45) is 0. The summed E-state index contributed by atoms with van der Waals surface area (Å²) in [5, 5.41) is 0.557. The molecule has 4 aromatic rings. The predicted molar refractivity (Wildman–Crippen MR) is 112 cm³/mol. The summed E-state index contributed by atoms with van der Waals surface area (Å²) < 4.78 is 27.5. The van der Waals surface area contributed by atoms with Gasteiger partial charge in [-0.3, -0.25) is 4.79 Å². The highest BCUT2D eigenvalue weighted by Gasteiger charge is 2.20. The van der Waals surface area contributed by atoms with Crippen LogP contribution in [0, 0.1) is 13.8 Å². The molecule has 0 unspecified atom stereocenters. The van der Waals surface area contributed by atoms with E-state index in [0.717, 1.165) is 20.5 Å². The number of nitrogens with zero attached hydrogens (tertiary/aromatic N) is 2. The Kier molecular flexibility index (Phi) is 4.52. The van der Waals surface area contributed by atoms with Crippen LogP contribution in [0.1, 0.15) is 11.3 Å². The van der Waals surface area contributed by atoms with Crippen LogP contribution in [0.4, 0.5) is 0 Å². The molecule has 2 heterocycles. The lowest BCUT2D eigenvalue weighted by Gasteiger charge is -2.16. The Morgan fingerprint density at radius 1 is 1.00 bits per heavy atom. The van der Waals surface area contributed by atoms with Crippen molar-refractivity contribution in [2.45, 2.75) is 18.7 Å². The van der Waals surface area contributed by atoms with Gasteiger partial charge < -0.3 is 0 Å². The molecular formula is C20H17N3O3S2. The van der Waals surface area contributed by atoms with Gasteiger partial charge in [-0.1, -0.05) is 30.3 Å². The minimum atomic E-state index is -3.90. The summed E-state index contributed by atoms with van der Waals surface area (Å²) >= 11 is 1.40. The van der Waals surface area contributed by atoms with Crippen molar-refractivity contribution in [1.82, 2.24) is 9.66 Å². The molecule has 4 rings (SSSR count). The molecule has 0 fully saturated rings. The fourth-order valence-electron chi connectivity index (χ4n) is 2.85. The minimum Gasteiger partial charge on any atom is -0.267 e. The van der Waals surface area contributed by atoms with Crippen molar-refractivity contribution >= 4 is 31.6 Å². The lowest BCUT2D eigenvalue weighted by atomic mass is 10.1. The van der Waals surface area contributed by atoms with Gasteiger partial charge in [0.15, 0.2) is 0 Å². The number of benzene rings is 2. The quantitative estimate of drug-likeness (QED) is 0.556. The van der Waals surface area contributed by atoms with Gasteiger partial charge >= 0.3 is 0 Å². The lowest BCUT2D eigenvalue weighted by molar-refractivity contribution is 0.593. The molecule has 0 spiro atoms. The van der Waals surface area contributed by atoms with Crippen LogP contribution in [0.15, 0.2) is 70.4 Å². The van der Waals surface area contributed by atoms with Crippen molar-refractivity contribution in [3.8, 4) is 10.6 Å². The van der Waals surface area contributed by atoms with Crippen LogP contribution >= 0.6 is 11.3 Å². The number of hydrogen-bond donors (Lipinski definition) is 1. The van der Waals surface area contributed by atoms with Crippen LogP contribution in [0.3, 0.4) is 0 Å². The summed E-state index contributed by atoms with van der Waals surface area (Å²) in [4.78, 5) is 20.2. The van der Waals surface area contributed by atoms with Gasteiger partial charge in [-0.05, 0) is 49.7 Å². The van der Waals surface area contributed by atoms with E-state index < -0.39 is 15.6 Å². The van der Waals surface area contributed by atoms with Crippen LogP contribution in [0.2, 0.25) is 0 Å². The van der Waals surface area contributed by atoms with Gasteiger partial charge in [-0.25, -0.2) is 14.5 Å². The molecule has 0 bridgehead atoms. The van der Waals surface area contributed by atoms with E-state index in [1.807, 2.05) is 31.2 Å². The number of rotatable bonds is 4. The summed E-state index contributed by atoms with van der Waals surface area (Å²) in [7, 11) is -3.90. The summed E-state index contributed by atoms with van der Waals surface area (Å²) in [6.45, 7) is 3.53. The van der Waals surface area contributed by atoms with E-state index in [9.17, 15) is 13.2 Å². The number of thiazole rings is 1. The van der Waals surface area contributed by atoms with E-state index in [1.165, 1.54) is 23.5 Å². The van der Waals surface area contributed by atoms with Crippen molar-refractivity contribution in [2.24, 2.45) is 0 Å². The lowest BCUT2D eigenvalue weighted by Crippen LogP contribution is -2.36. The monoisotopic (exact) mass is 411 g/mol. The normalized spacial score (nSPS) is 11.6. The van der Waals surface area contributed by atoms with Gasteiger partial charge in [-0.2, -0.15) is 8.42 Å². The Morgan fingerprint density at radius 3 is 2.39 bits per heavy atom. The number of pyridine rings is 1. The zero-order valence-corrected chi connectivity index (χ0v) is 16.8. The highest BCUT2D eigenvalue weighted by molar-refractivity contribution is 7.92. The summed E-state index contributed by atoms with van der Waals surface area (Å²) in [5.74, 6) is 0. The Labute approximate surface area is 166 Å². The average molecular weight is 412 g/mol. The molecule has 0 aliphatic rings. The van der Waals surface area contributed by atoms with Crippen molar-refractivity contribution in [3.05, 3.63) is 82.3 Å². The molecule has 0 aliphatic carbocycles.